The molecule has 0 heterocycles. The average Bonchev–Trinajstić information content (AvgIpc) is 2.95. The molecule has 12 heteroatoms. The lowest BCUT2D eigenvalue weighted by Crippen LogP contribution is -2.63. The van der Waals surface area contributed by atoms with Crippen LogP contribution in [0.3, 0.4) is 0 Å². The van der Waals surface area contributed by atoms with Gasteiger partial charge in [0.15, 0.2) is 0 Å². The zero-order valence-electron chi connectivity index (χ0n) is 30.9. The van der Waals surface area contributed by atoms with E-state index in [0.29, 0.717) is 11.3 Å². The Labute approximate surface area is 285 Å². The fourth-order valence-corrected chi connectivity index (χ4v) is 5.17. The number of hydrogen-bond donors (Lipinski definition) is 3. The molecule has 3 atom stereocenters. The summed E-state index contributed by atoms with van der Waals surface area (Å²) in [5.74, 6) is -2.27. The minimum Gasteiger partial charge on any atom is -0.478 e. The van der Waals surface area contributed by atoms with Crippen LogP contribution in [0.1, 0.15) is 81.7 Å². The number of ether oxygens (including phenoxy) is 2. The Kier molecular flexibility index (Phi) is 14.5. The van der Waals surface area contributed by atoms with Gasteiger partial charge in [0.05, 0.1) is 6.04 Å². The fraction of sp³-hybridized carbons (Fsp3) is 0.583. The zero-order chi connectivity index (χ0) is 37.4. The largest absolute Gasteiger partial charge is 0.478 e. The third-order valence-corrected chi connectivity index (χ3v) is 7.82. The molecule has 0 radical (unpaired) electrons. The van der Waals surface area contributed by atoms with Crippen LogP contribution in [0.15, 0.2) is 48.6 Å². The maximum absolute atomic E-state index is 14.5. The van der Waals surface area contributed by atoms with Gasteiger partial charge in [-0.25, -0.2) is 14.4 Å². The second kappa shape index (κ2) is 16.7. The number of carboxylic acids is 1. The van der Waals surface area contributed by atoms with Crippen LogP contribution in [0.5, 0.6) is 0 Å². The van der Waals surface area contributed by atoms with Crippen molar-refractivity contribution >= 4 is 35.7 Å². The summed E-state index contributed by atoms with van der Waals surface area (Å²) in [6.07, 6.45) is 1.54. The van der Waals surface area contributed by atoms with E-state index in [2.05, 4.69) is 17.2 Å². The SMILES string of the molecule is C=CCOC(=O)Nc1cccc(C(C)(C)[C@@H](C(=O)N[C@H](C(=O)N(C)[C@H](/C=C(\C)C(=O)O)C(C)C)C(C)(C)C)N(C)C(=O)OC(C)(C)C)c1. The quantitative estimate of drug-likeness (QED) is 0.171. The fourth-order valence-electron chi connectivity index (χ4n) is 5.17. The molecule has 12 nitrogen and oxygen atoms in total. The summed E-state index contributed by atoms with van der Waals surface area (Å²) in [7, 11) is 3.04. The van der Waals surface area contributed by atoms with E-state index in [1.165, 1.54) is 35.9 Å². The number of carbonyl (C=O) groups is 5. The van der Waals surface area contributed by atoms with E-state index in [0.717, 1.165) is 0 Å². The van der Waals surface area contributed by atoms with Crippen molar-refractivity contribution in [3.8, 4) is 0 Å². The van der Waals surface area contributed by atoms with E-state index in [1.807, 2.05) is 34.6 Å². The van der Waals surface area contributed by atoms with Crippen molar-refractivity contribution in [1.29, 1.82) is 0 Å². The van der Waals surface area contributed by atoms with Crippen molar-refractivity contribution in [2.45, 2.75) is 105 Å². The predicted molar refractivity (Wildman–Crippen MR) is 187 cm³/mol. The summed E-state index contributed by atoms with van der Waals surface area (Å²) in [4.78, 5) is 68.6. The van der Waals surface area contributed by atoms with Gasteiger partial charge in [-0.3, -0.25) is 19.8 Å². The Balaban J connectivity index is 3.71. The van der Waals surface area contributed by atoms with Gasteiger partial charge in [-0.15, -0.1) is 0 Å². The van der Waals surface area contributed by atoms with Crippen LogP contribution in [0.4, 0.5) is 15.3 Å². The second-order valence-corrected chi connectivity index (χ2v) is 15.0. The molecule has 0 bridgehead atoms. The van der Waals surface area contributed by atoms with Gasteiger partial charge in [-0.05, 0) is 56.7 Å². The average molecular weight is 673 g/mol. The first-order valence-corrected chi connectivity index (χ1v) is 15.9. The molecular weight excluding hydrogens is 616 g/mol. The first-order chi connectivity index (χ1) is 21.8. The molecular formula is C36H56N4O8. The van der Waals surface area contributed by atoms with Gasteiger partial charge in [-0.2, -0.15) is 0 Å². The van der Waals surface area contributed by atoms with E-state index in [-0.39, 0.29) is 18.1 Å². The van der Waals surface area contributed by atoms with Gasteiger partial charge in [0, 0.05) is 30.8 Å². The molecule has 0 saturated carbocycles. The molecule has 0 aliphatic carbocycles. The van der Waals surface area contributed by atoms with Gasteiger partial charge in [0.2, 0.25) is 11.8 Å². The van der Waals surface area contributed by atoms with Crippen molar-refractivity contribution in [1.82, 2.24) is 15.1 Å². The third-order valence-electron chi connectivity index (χ3n) is 7.82. The summed E-state index contributed by atoms with van der Waals surface area (Å²) in [6, 6.07) is 3.99. The predicted octanol–water partition coefficient (Wildman–Crippen LogP) is 5.98. The van der Waals surface area contributed by atoms with Crippen molar-refractivity contribution in [3.63, 3.8) is 0 Å². The third kappa shape index (κ3) is 11.7. The van der Waals surface area contributed by atoms with Crippen molar-refractivity contribution in [2.24, 2.45) is 11.3 Å². The van der Waals surface area contributed by atoms with Crippen molar-refractivity contribution in [2.75, 3.05) is 26.0 Å². The first-order valence-electron chi connectivity index (χ1n) is 15.9. The molecule has 3 N–H and O–H groups in total. The van der Waals surface area contributed by atoms with Crippen molar-refractivity contribution in [3.05, 3.63) is 54.1 Å². The normalized spacial score (nSPS) is 14.2. The molecule has 4 amide bonds. The number of rotatable bonds is 13. The lowest BCUT2D eigenvalue weighted by molar-refractivity contribution is -0.142. The monoisotopic (exact) mass is 672 g/mol. The van der Waals surface area contributed by atoms with Gasteiger partial charge >= 0.3 is 18.2 Å². The number of benzene rings is 1. The van der Waals surface area contributed by atoms with Gasteiger partial charge in [-0.1, -0.05) is 79.3 Å². The van der Waals surface area contributed by atoms with Crippen molar-refractivity contribution < 1.29 is 38.6 Å². The zero-order valence-corrected chi connectivity index (χ0v) is 30.9. The standard InChI is InChI=1S/C36H56N4O8/c1-15-19-47-32(45)37-25-18-16-17-24(21-25)36(11,12)28(40(14)33(46)48-35(8,9)10)29(41)38-27(34(5,6)7)30(42)39(13)26(22(2)3)20-23(4)31(43)44/h15-18,20-22,26-28H,1,19H2,2-14H3,(H,37,45)(H,38,41)(H,43,44)/b23-20+/t26-,27-,28-/m1/s1. The summed E-state index contributed by atoms with van der Waals surface area (Å²) in [5, 5.41) is 15.1. The summed E-state index contributed by atoms with van der Waals surface area (Å²) >= 11 is 0. The highest BCUT2D eigenvalue weighted by molar-refractivity contribution is 5.93. The molecule has 0 aromatic heterocycles. The summed E-state index contributed by atoms with van der Waals surface area (Å²) in [6.45, 7) is 22.9. The Morgan fingerprint density at radius 2 is 1.56 bits per heavy atom. The number of carbonyl (C=O) groups excluding carboxylic acids is 4. The van der Waals surface area contributed by atoms with Crippen LogP contribution in [0.25, 0.3) is 0 Å². The first kappa shape index (κ1) is 41.7. The smallest absolute Gasteiger partial charge is 0.411 e. The highest BCUT2D eigenvalue weighted by atomic mass is 16.6. The lowest BCUT2D eigenvalue weighted by atomic mass is 9.76. The van der Waals surface area contributed by atoms with Crippen LogP contribution < -0.4 is 10.6 Å². The maximum Gasteiger partial charge on any atom is 0.411 e. The van der Waals surface area contributed by atoms with Crippen LogP contribution in [0.2, 0.25) is 0 Å². The van der Waals surface area contributed by atoms with Crippen LogP contribution in [0, 0.1) is 11.3 Å². The molecule has 268 valence electrons. The molecule has 0 aliphatic heterocycles. The van der Waals surface area contributed by atoms with Crippen LogP contribution in [-0.4, -0.2) is 89.3 Å². The Bertz CT molecular complexity index is 1370. The van der Waals surface area contributed by atoms with Gasteiger partial charge in [0.1, 0.15) is 24.3 Å². The van der Waals surface area contributed by atoms with Crippen LogP contribution >= 0.6 is 0 Å². The summed E-state index contributed by atoms with van der Waals surface area (Å²) < 4.78 is 10.7. The second-order valence-electron chi connectivity index (χ2n) is 15.0. The molecule has 1 aromatic carbocycles. The molecule has 0 spiro atoms. The summed E-state index contributed by atoms with van der Waals surface area (Å²) in [5.41, 5.74) is -1.64. The number of nitrogens with zero attached hydrogens (tertiary/aromatic N) is 2. The molecule has 48 heavy (non-hydrogen) atoms. The minimum absolute atomic E-state index is 0.0240. The topological polar surface area (TPSA) is 155 Å². The number of amides is 4. The highest BCUT2D eigenvalue weighted by Crippen LogP contribution is 2.34. The van der Waals surface area contributed by atoms with E-state index in [4.69, 9.17) is 9.47 Å². The molecule has 0 saturated heterocycles. The Hall–Kier alpha value is -4.35. The number of anilines is 1. The van der Waals surface area contributed by atoms with E-state index in [1.54, 1.807) is 65.9 Å². The van der Waals surface area contributed by atoms with E-state index in [9.17, 15) is 29.1 Å². The van der Waals surface area contributed by atoms with Crippen LogP contribution in [-0.2, 0) is 29.3 Å². The minimum atomic E-state index is -1.20. The van der Waals surface area contributed by atoms with E-state index < -0.39 is 64.5 Å². The maximum atomic E-state index is 14.5. The number of likely N-dealkylation sites (N-methyl/N-ethyl adjacent to an activating group) is 2. The lowest BCUT2D eigenvalue weighted by Gasteiger charge is -2.42. The highest BCUT2D eigenvalue weighted by Gasteiger charge is 2.46. The van der Waals surface area contributed by atoms with Gasteiger partial charge < -0.3 is 24.8 Å². The Morgan fingerprint density at radius 1 is 0.979 bits per heavy atom. The molecule has 1 rings (SSSR count). The number of nitrogens with one attached hydrogen (secondary N) is 2. The molecule has 0 unspecified atom stereocenters. The number of hydrogen-bond acceptors (Lipinski definition) is 7. The number of aliphatic carboxylic acids is 1. The molecule has 0 aliphatic rings. The van der Waals surface area contributed by atoms with Gasteiger partial charge in [0.25, 0.3) is 0 Å². The Morgan fingerprint density at radius 3 is 2.04 bits per heavy atom. The number of carboxylic acid groups (broad SMARTS) is 1. The molecule has 0 fully saturated rings. The molecule has 1 aromatic rings. The van der Waals surface area contributed by atoms with E-state index >= 15 is 0 Å².